The van der Waals surface area contributed by atoms with Crippen LogP contribution in [0.2, 0.25) is 5.15 Å². The molecule has 1 N–H and O–H groups in total. The average molecular weight is 239 g/mol. The Morgan fingerprint density at radius 3 is 2.69 bits per heavy atom. The number of amides is 1. The molecule has 1 fully saturated rings. The van der Waals surface area contributed by atoms with E-state index in [1.54, 1.807) is 6.07 Å². The van der Waals surface area contributed by atoms with Gasteiger partial charge in [-0.1, -0.05) is 25.4 Å². The molecule has 1 aliphatic rings. The molecular formula is C12H15ClN2O. The quantitative estimate of drug-likeness (QED) is 0.823. The van der Waals surface area contributed by atoms with Crippen molar-refractivity contribution in [3.63, 3.8) is 0 Å². The van der Waals surface area contributed by atoms with E-state index in [-0.39, 0.29) is 5.91 Å². The first-order chi connectivity index (χ1) is 7.58. The SMILES string of the molecule is CC(C)c1ccc(C(=O)NC2CC2)c(Cl)n1. The summed E-state index contributed by atoms with van der Waals surface area (Å²) in [6.07, 6.45) is 2.14. The Balaban J connectivity index is 2.17. The third kappa shape index (κ3) is 2.53. The van der Waals surface area contributed by atoms with Gasteiger partial charge >= 0.3 is 0 Å². The molecule has 16 heavy (non-hydrogen) atoms. The maximum Gasteiger partial charge on any atom is 0.254 e. The van der Waals surface area contributed by atoms with Crippen LogP contribution in [-0.4, -0.2) is 16.9 Å². The molecule has 4 heteroatoms. The summed E-state index contributed by atoms with van der Waals surface area (Å²) in [5.74, 6) is 0.202. The van der Waals surface area contributed by atoms with Crippen molar-refractivity contribution in [1.29, 1.82) is 0 Å². The second kappa shape index (κ2) is 4.42. The number of hydrogen-bond acceptors (Lipinski definition) is 2. The molecule has 0 saturated heterocycles. The van der Waals surface area contributed by atoms with Crippen molar-refractivity contribution in [2.75, 3.05) is 0 Å². The maximum absolute atomic E-state index is 11.8. The van der Waals surface area contributed by atoms with Crippen LogP contribution < -0.4 is 5.32 Å². The molecule has 1 aromatic rings. The Morgan fingerprint density at radius 2 is 2.19 bits per heavy atom. The van der Waals surface area contributed by atoms with Gasteiger partial charge in [-0.2, -0.15) is 0 Å². The van der Waals surface area contributed by atoms with Crippen molar-refractivity contribution < 1.29 is 4.79 Å². The zero-order valence-electron chi connectivity index (χ0n) is 9.46. The van der Waals surface area contributed by atoms with Crippen LogP contribution in [0.25, 0.3) is 0 Å². The molecule has 86 valence electrons. The first-order valence-electron chi connectivity index (χ1n) is 5.55. The molecular weight excluding hydrogens is 224 g/mol. The minimum atomic E-state index is -0.115. The highest BCUT2D eigenvalue weighted by molar-refractivity contribution is 6.32. The Kier molecular flexibility index (Phi) is 3.15. The highest BCUT2D eigenvalue weighted by Crippen LogP contribution is 2.22. The number of carbonyl (C=O) groups is 1. The van der Waals surface area contributed by atoms with Gasteiger partial charge < -0.3 is 5.32 Å². The van der Waals surface area contributed by atoms with Crippen LogP contribution in [0.4, 0.5) is 0 Å². The van der Waals surface area contributed by atoms with Crippen LogP contribution in [0, 0.1) is 0 Å². The van der Waals surface area contributed by atoms with E-state index in [2.05, 4.69) is 10.3 Å². The monoisotopic (exact) mass is 238 g/mol. The van der Waals surface area contributed by atoms with Crippen LogP contribution in [0.3, 0.4) is 0 Å². The summed E-state index contributed by atoms with van der Waals surface area (Å²) in [5, 5.41) is 3.19. The number of nitrogens with zero attached hydrogens (tertiary/aromatic N) is 1. The standard InChI is InChI=1S/C12H15ClN2O/c1-7(2)10-6-5-9(11(13)15-10)12(16)14-8-3-4-8/h5-8H,3-4H2,1-2H3,(H,14,16). The zero-order valence-corrected chi connectivity index (χ0v) is 10.2. The van der Waals surface area contributed by atoms with Crippen LogP contribution >= 0.6 is 11.6 Å². The van der Waals surface area contributed by atoms with Gasteiger partial charge in [0.1, 0.15) is 5.15 Å². The third-order valence-corrected chi connectivity index (χ3v) is 2.91. The lowest BCUT2D eigenvalue weighted by molar-refractivity contribution is 0.0951. The van der Waals surface area contributed by atoms with E-state index in [4.69, 9.17) is 11.6 Å². The van der Waals surface area contributed by atoms with Crippen molar-refractivity contribution in [2.45, 2.75) is 38.6 Å². The van der Waals surface area contributed by atoms with Crippen molar-refractivity contribution in [3.05, 3.63) is 28.5 Å². The molecule has 0 unspecified atom stereocenters. The summed E-state index contributed by atoms with van der Waals surface area (Å²) in [6.45, 7) is 4.09. The summed E-state index contributed by atoms with van der Waals surface area (Å²) in [4.78, 5) is 16.0. The minimum absolute atomic E-state index is 0.115. The fourth-order valence-corrected chi connectivity index (χ4v) is 1.68. The molecule has 0 aromatic carbocycles. The lowest BCUT2D eigenvalue weighted by Gasteiger charge is -2.08. The Hall–Kier alpha value is -1.09. The van der Waals surface area contributed by atoms with Crippen LogP contribution in [0.5, 0.6) is 0 Å². The second-order valence-corrected chi connectivity index (χ2v) is 4.83. The van der Waals surface area contributed by atoms with Crippen molar-refractivity contribution in [3.8, 4) is 0 Å². The molecule has 0 radical (unpaired) electrons. The van der Waals surface area contributed by atoms with Gasteiger partial charge in [-0.05, 0) is 30.9 Å². The predicted octanol–water partition coefficient (Wildman–Crippen LogP) is 2.75. The summed E-state index contributed by atoms with van der Waals surface area (Å²) < 4.78 is 0. The van der Waals surface area contributed by atoms with E-state index in [0.717, 1.165) is 18.5 Å². The van der Waals surface area contributed by atoms with Gasteiger partial charge in [0.2, 0.25) is 0 Å². The summed E-state index contributed by atoms with van der Waals surface area (Å²) in [6, 6.07) is 3.95. The lowest BCUT2D eigenvalue weighted by atomic mass is 10.1. The van der Waals surface area contributed by atoms with Crippen molar-refractivity contribution >= 4 is 17.5 Å². The molecule has 1 amide bonds. The fourth-order valence-electron chi connectivity index (χ4n) is 1.43. The summed E-state index contributed by atoms with van der Waals surface area (Å²) in [7, 11) is 0. The van der Waals surface area contributed by atoms with Gasteiger partial charge in [0, 0.05) is 11.7 Å². The molecule has 0 spiro atoms. The molecule has 3 nitrogen and oxygen atoms in total. The molecule has 0 atom stereocenters. The number of rotatable bonds is 3. The molecule has 0 aliphatic heterocycles. The van der Waals surface area contributed by atoms with Crippen LogP contribution in [0.15, 0.2) is 12.1 Å². The number of carbonyl (C=O) groups excluding carboxylic acids is 1. The van der Waals surface area contributed by atoms with Gasteiger partial charge in [0.15, 0.2) is 0 Å². The molecule has 1 saturated carbocycles. The van der Waals surface area contributed by atoms with Gasteiger partial charge in [0.25, 0.3) is 5.91 Å². The first-order valence-corrected chi connectivity index (χ1v) is 5.93. The number of pyridine rings is 1. The highest BCUT2D eigenvalue weighted by Gasteiger charge is 2.25. The molecule has 0 bridgehead atoms. The maximum atomic E-state index is 11.8. The molecule has 2 rings (SSSR count). The topological polar surface area (TPSA) is 42.0 Å². The second-order valence-electron chi connectivity index (χ2n) is 4.48. The van der Waals surface area contributed by atoms with Crippen LogP contribution in [-0.2, 0) is 0 Å². The van der Waals surface area contributed by atoms with E-state index in [1.807, 2.05) is 19.9 Å². The minimum Gasteiger partial charge on any atom is -0.349 e. The van der Waals surface area contributed by atoms with Gasteiger partial charge in [-0.3, -0.25) is 4.79 Å². The van der Waals surface area contributed by atoms with Crippen LogP contribution in [0.1, 0.15) is 48.7 Å². The smallest absolute Gasteiger partial charge is 0.254 e. The number of hydrogen-bond donors (Lipinski definition) is 1. The number of nitrogens with one attached hydrogen (secondary N) is 1. The Bertz CT molecular complexity index is 413. The van der Waals surface area contributed by atoms with Gasteiger partial charge in [-0.15, -0.1) is 0 Å². The largest absolute Gasteiger partial charge is 0.349 e. The van der Waals surface area contributed by atoms with E-state index >= 15 is 0 Å². The fraction of sp³-hybridized carbons (Fsp3) is 0.500. The normalized spacial score (nSPS) is 15.2. The number of halogens is 1. The van der Waals surface area contributed by atoms with E-state index in [9.17, 15) is 4.79 Å². The number of aromatic nitrogens is 1. The van der Waals surface area contributed by atoms with E-state index < -0.39 is 0 Å². The van der Waals surface area contributed by atoms with Crippen molar-refractivity contribution in [2.24, 2.45) is 0 Å². The van der Waals surface area contributed by atoms with Gasteiger partial charge in [0.05, 0.1) is 5.56 Å². The molecule has 1 heterocycles. The predicted molar refractivity (Wildman–Crippen MR) is 63.8 cm³/mol. The Labute approximate surface area is 100 Å². The molecule has 1 aliphatic carbocycles. The summed E-state index contributed by atoms with van der Waals surface area (Å²) in [5.41, 5.74) is 1.38. The van der Waals surface area contributed by atoms with Crippen molar-refractivity contribution in [1.82, 2.24) is 10.3 Å². The third-order valence-electron chi connectivity index (χ3n) is 2.62. The lowest BCUT2D eigenvalue weighted by Crippen LogP contribution is -2.25. The average Bonchev–Trinajstić information content (AvgIpc) is 3.01. The highest BCUT2D eigenvalue weighted by atomic mass is 35.5. The van der Waals surface area contributed by atoms with Gasteiger partial charge in [-0.25, -0.2) is 4.98 Å². The van der Waals surface area contributed by atoms with E-state index in [1.165, 1.54) is 0 Å². The summed E-state index contributed by atoms with van der Waals surface area (Å²) >= 11 is 6.00. The first kappa shape index (κ1) is 11.4. The molecule has 1 aromatic heterocycles. The zero-order chi connectivity index (χ0) is 11.7. The van der Waals surface area contributed by atoms with E-state index in [0.29, 0.717) is 22.7 Å². The Morgan fingerprint density at radius 1 is 1.50 bits per heavy atom.